The van der Waals surface area contributed by atoms with Crippen LogP contribution in [0.5, 0.6) is 0 Å². The number of amides is 3. The molecule has 0 spiro atoms. The van der Waals surface area contributed by atoms with Gasteiger partial charge in [-0.05, 0) is 32.2 Å². The molecule has 154 valence electrons. The number of rotatable bonds is 14. The van der Waals surface area contributed by atoms with Gasteiger partial charge in [-0.25, -0.2) is 4.79 Å². The number of nitrogens with two attached hydrogens (primary N) is 2. The Kier molecular flexibility index (Phi) is 12.1. The van der Waals surface area contributed by atoms with Crippen LogP contribution in [-0.2, 0) is 24.0 Å². The fourth-order valence-electron chi connectivity index (χ4n) is 2.06. The van der Waals surface area contributed by atoms with Gasteiger partial charge in [0.2, 0.25) is 17.7 Å². The van der Waals surface area contributed by atoms with Gasteiger partial charge >= 0.3 is 11.9 Å². The molecule has 0 aliphatic heterocycles. The molecule has 2 unspecified atom stereocenters. The molecule has 0 bridgehead atoms. The minimum atomic E-state index is -1.26. The van der Waals surface area contributed by atoms with Crippen LogP contribution < -0.4 is 27.4 Å². The van der Waals surface area contributed by atoms with E-state index in [9.17, 15) is 29.1 Å². The molecule has 0 aromatic carbocycles. The summed E-state index contributed by atoms with van der Waals surface area (Å²) in [7, 11) is 0. The number of unbranched alkanes of at least 4 members (excludes halogenated alkanes) is 1. The summed E-state index contributed by atoms with van der Waals surface area (Å²) in [5, 5.41) is 24.7. The molecule has 0 aliphatic carbocycles. The van der Waals surface area contributed by atoms with E-state index in [1.165, 1.54) is 0 Å². The predicted molar refractivity (Wildman–Crippen MR) is 93.3 cm³/mol. The Morgan fingerprint density at radius 3 is 2.04 bits per heavy atom. The molecule has 0 saturated heterocycles. The minimum absolute atomic E-state index is 0.143. The van der Waals surface area contributed by atoms with E-state index in [1.54, 1.807) is 0 Å². The summed E-state index contributed by atoms with van der Waals surface area (Å²) in [5.74, 6) is -4.58. The van der Waals surface area contributed by atoms with Gasteiger partial charge in [0.05, 0.1) is 13.1 Å². The first kappa shape index (κ1) is 24.3. The zero-order valence-corrected chi connectivity index (χ0v) is 14.9. The van der Waals surface area contributed by atoms with Crippen molar-refractivity contribution in [3.63, 3.8) is 0 Å². The number of carbonyl (C=O) groups excluding carboxylic acids is 3. The van der Waals surface area contributed by atoms with Gasteiger partial charge in [0.25, 0.3) is 0 Å². The molecule has 0 aromatic rings. The lowest BCUT2D eigenvalue weighted by atomic mass is 10.1. The molecule has 12 nitrogen and oxygen atoms in total. The van der Waals surface area contributed by atoms with Crippen LogP contribution in [0.15, 0.2) is 0 Å². The number of carboxylic acid groups (broad SMARTS) is 2. The SMILES string of the molecule is NCCCCC(NC(=O)C(CCC(=O)O)NC(=O)CNC(=O)CN)C(=O)O. The van der Waals surface area contributed by atoms with Crippen molar-refractivity contribution in [2.45, 2.75) is 44.2 Å². The van der Waals surface area contributed by atoms with Crippen molar-refractivity contribution in [2.24, 2.45) is 11.5 Å². The van der Waals surface area contributed by atoms with Crippen LogP contribution in [0.1, 0.15) is 32.1 Å². The van der Waals surface area contributed by atoms with Gasteiger partial charge in [0, 0.05) is 6.42 Å². The van der Waals surface area contributed by atoms with E-state index in [0.29, 0.717) is 19.4 Å². The van der Waals surface area contributed by atoms with Gasteiger partial charge < -0.3 is 37.6 Å². The van der Waals surface area contributed by atoms with Crippen molar-refractivity contribution in [3.05, 3.63) is 0 Å². The zero-order valence-electron chi connectivity index (χ0n) is 14.9. The van der Waals surface area contributed by atoms with E-state index in [2.05, 4.69) is 16.0 Å². The summed E-state index contributed by atoms with van der Waals surface area (Å²) in [6, 6.07) is -2.45. The summed E-state index contributed by atoms with van der Waals surface area (Å²) in [6.45, 7) is -0.392. The molecule has 0 radical (unpaired) electrons. The quantitative estimate of drug-likeness (QED) is 0.152. The summed E-state index contributed by atoms with van der Waals surface area (Å²) in [6.07, 6.45) is 0.542. The van der Waals surface area contributed by atoms with Gasteiger partial charge in [-0.1, -0.05) is 0 Å². The van der Waals surface area contributed by atoms with Crippen LogP contribution in [0.4, 0.5) is 0 Å². The first-order chi connectivity index (χ1) is 12.7. The summed E-state index contributed by atoms with van der Waals surface area (Å²) >= 11 is 0. The van der Waals surface area contributed by atoms with Gasteiger partial charge in [-0.3, -0.25) is 19.2 Å². The largest absolute Gasteiger partial charge is 0.481 e. The third-order valence-corrected chi connectivity index (χ3v) is 3.49. The first-order valence-corrected chi connectivity index (χ1v) is 8.42. The van der Waals surface area contributed by atoms with Crippen molar-refractivity contribution in [2.75, 3.05) is 19.6 Å². The monoisotopic (exact) mass is 389 g/mol. The molecule has 2 atom stereocenters. The van der Waals surface area contributed by atoms with Crippen LogP contribution >= 0.6 is 0 Å². The highest BCUT2D eigenvalue weighted by Crippen LogP contribution is 2.04. The molecule has 0 aromatic heterocycles. The number of carboxylic acids is 2. The third kappa shape index (κ3) is 11.5. The topological polar surface area (TPSA) is 214 Å². The molecule has 0 saturated carbocycles. The Morgan fingerprint density at radius 1 is 0.852 bits per heavy atom. The summed E-state index contributed by atoms with van der Waals surface area (Å²) in [4.78, 5) is 57.2. The number of hydrogen-bond acceptors (Lipinski definition) is 7. The predicted octanol–water partition coefficient (Wildman–Crippen LogP) is -2.89. The van der Waals surface area contributed by atoms with Crippen LogP contribution in [0, 0.1) is 0 Å². The number of carbonyl (C=O) groups is 5. The van der Waals surface area contributed by atoms with Gasteiger partial charge in [-0.15, -0.1) is 0 Å². The second-order valence-corrected chi connectivity index (χ2v) is 5.72. The van der Waals surface area contributed by atoms with E-state index < -0.39 is 54.7 Å². The number of aliphatic carboxylic acids is 2. The Labute approximate surface area is 156 Å². The van der Waals surface area contributed by atoms with Gasteiger partial charge in [0.1, 0.15) is 12.1 Å². The molecule has 9 N–H and O–H groups in total. The van der Waals surface area contributed by atoms with Crippen molar-refractivity contribution in [3.8, 4) is 0 Å². The standard InChI is InChI=1S/C15H27N5O7/c16-6-2-1-3-10(15(26)27)20-14(25)9(4-5-13(23)24)19-12(22)8-18-11(21)7-17/h9-10H,1-8,16-17H2,(H,18,21)(H,19,22)(H,20,25)(H,23,24)(H,26,27). The maximum atomic E-state index is 12.3. The highest BCUT2D eigenvalue weighted by molar-refractivity contribution is 5.92. The fourth-order valence-corrected chi connectivity index (χ4v) is 2.06. The third-order valence-electron chi connectivity index (χ3n) is 3.49. The molecule has 0 heterocycles. The molecule has 0 fully saturated rings. The second-order valence-electron chi connectivity index (χ2n) is 5.72. The van der Waals surface area contributed by atoms with E-state index in [4.69, 9.17) is 16.6 Å². The summed E-state index contributed by atoms with van der Waals surface area (Å²) in [5.41, 5.74) is 10.4. The zero-order chi connectivity index (χ0) is 20.8. The van der Waals surface area contributed by atoms with E-state index in [1.807, 2.05) is 0 Å². The van der Waals surface area contributed by atoms with Crippen LogP contribution in [0.25, 0.3) is 0 Å². The van der Waals surface area contributed by atoms with Crippen molar-refractivity contribution < 1.29 is 34.2 Å². The van der Waals surface area contributed by atoms with E-state index >= 15 is 0 Å². The Bertz CT molecular complexity index is 541. The summed E-state index contributed by atoms with van der Waals surface area (Å²) < 4.78 is 0. The van der Waals surface area contributed by atoms with E-state index in [0.717, 1.165) is 0 Å². The average Bonchev–Trinajstić information content (AvgIpc) is 2.61. The van der Waals surface area contributed by atoms with Crippen LogP contribution in [0.2, 0.25) is 0 Å². The Hall–Kier alpha value is -2.73. The van der Waals surface area contributed by atoms with Crippen molar-refractivity contribution in [1.29, 1.82) is 0 Å². The van der Waals surface area contributed by atoms with Gasteiger partial charge in [0.15, 0.2) is 0 Å². The lowest BCUT2D eigenvalue weighted by Gasteiger charge is -2.21. The first-order valence-electron chi connectivity index (χ1n) is 8.42. The molecule has 12 heteroatoms. The molecule has 27 heavy (non-hydrogen) atoms. The second kappa shape index (κ2) is 13.5. The molecule has 0 rings (SSSR count). The highest BCUT2D eigenvalue weighted by Gasteiger charge is 2.26. The van der Waals surface area contributed by atoms with Crippen molar-refractivity contribution >= 4 is 29.7 Å². The minimum Gasteiger partial charge on any atom is -0.481 e. The van der Waals surface area contributed by atoms with Crippen LogP contribution in [-0.4, -0.2) is 71.6 Å². The normalized spacial score (nSPS) is 12.5. The van der Waals surface area contributed by atoms with Crippen molar-refractivity contribution in [1.82, 2.24) is 16.0 Å². The Morgan fingerprint density at radius 2 is 1.52 bits per heavy atom. The molecule has 3 amide bonds. The maximum absolute atomic E-state index is 12.3. The Balaban J connectivity index is 4.88. The van der Waals surface area contributed by atoms with E-state index in [-0.39, 0.29) is 19.4 Å². The van der Waals surface area contributed by atoms with Crippen LogP contribution in [0.3, 0.4) is 0 Å². The molecular formula is C15H27N5O7. The molecular weight excluding hydrogens is 362 g/mol. The lowest BCUT2D eigenvalue weighted by Crippen LogP contribution is -2.53. The fraction of sp³-hybridized carbons (Fsp3) is 0.667. The number of hydrogen-bond donors (Lipinski definition) is 7. The average molecular weight is 389 g/mol. The molecule has 0 aliphatic rings. The smallest absolute Gasteiger partial charge is 0.326 e. The maximum Gasteiger partial charge on any atom is 0.326 e. The highest BCUT2D eigenvalue weighted by atomic mass is 16.4. The lowest BCUT2D eigenvalue weighted by molar-refractivity contribution is -0.143. The van der Waals surface area contributed by atoms with Gasteiger partial charge in [-0.2, -0.15) is 0 Å². The number of nitrogens with one attached hydrogen (secondary N) is 3.